The third-order valence-corrected chi connectivity index (χ3v) is 4.51. The molecule has 24 heavy (non-hydrogen) atoms. The van der Waals surface area contributed by atoms with Gasteiger partial charge in [-0.1, -0.05) is 12.1 Å². The molecule has 0 aliphatic carbocycles. The van der Waals surface area contributed by atoms with E-state index >= 15 is 0 Å². The minimum atomic E-state index is -0.654. The number of amides is 1. The van der Waals surface area contributed by atoms with E-state index in [1.165, 1.54) is 0 Å². The third kappa shape index (κ3) is 3.32. The van der Waals surface area contributed by atoms with Crippen LogP contribution >= 0.6 is 0 Å². The number of carbonyl (C=O) groups excluding carboxylic acids is 2. The van der Waals surface area contributed by atoms with E-state index in [2.05, 4.69) is 0 Å². The Morgan fingerprint density at radius 1 is 1.17 bits per heavy atom. The van der Waals surface area contributed by atoms with Crippen LogP contribution in [0.15, 0.2) is 24.3 Å². The minimum absolute atomic E-state index is 0.0840. The van der Waals surface area contributed by atoms with Gasteiger partial charge >= 0.3 is 5.97 Å². The number of para-hydroxylation sites is 2. The topological polar surface area (TPSA) is 65.1 Å². The fourth-order valence-electron chi connectivity index (χ4n) is 3.17. The van der Waals surface area contributed by atoms with Gasteiger partial charge < -0.3 is 19.1 Å². The van der Waals surface area contributed by atoms with Crippen LogP contribution in [0.1, 0.15) is 26.7 Å². The van der Waals surface area contributed by atoms with Crippen molar-refractivity contribution < 1.29 is 23.8 Å². The Balaban J connectivity index is 1.61. The number of likely N-dealkylation sites (tertiary alicyclic amines) is 1. The lowest BCUT2D eigenvalue weighted by atomic mass is 9.96. The molecule has 0 N–H and O–H groups in total. The molecule has 2 atom stereocenters. The van der Waals surface area contributed by atoms with Crippen molar-refractivity contribution >= 4 is 11.9 Å². The Bertz CT molecular complexity index is 609. The van der Waals surface area contributed by atoms with Crippen LogP contribution in [-0.4, -0.2) is 48.7 Å². The largest absolute Gasteiger partial charge is 0.482 e. The Morgan fingerprint density at radius 3 is 2.42 bits per heavy atom. The minimum Gasteiger partial charge on any atom is -0.482 e. The second kappa shape index (κ2) is 7.11. The van der Waals surface area contributed by atoms with Crippen LogP contribution in [0.5, 0.6) is 11.5 Å². The molecule has 130 valence electrons. The average Bonchev–Trinajstić information content (AvgIpc) is 2.61. The summed E-state index contributed by atoms with van der Waals surface area (Å²) in [5, 5.41) is 0. The van der Waals surface area contributed by atoms with Gasteiger partial charge in [0, 0.05) is 13.1 Å². The van der Waals surface area contributed by atoms with Gasteiger partial charge in [0.1, 0.15) is 6.10 Å². The summed E-state index contributed by atoms with van der Waals surface area (Å²) in [6, 6.07) is 7.35. The molecule has 2 aliphatic rings. The first kappa shape index (κ1) is 16.6. The summed E-state index contributed by atoms with van der Waals surface area (Å²) >= 11 is 0. The number of hydrogen-bond acceptors (Lipinski definition) is 5. The molecule has 1 saturated heterocycles. The zero-order valence-electron chi connectivity index (χ0n) is 14.1. The maximum atomic E-state index is 12.8. The molecular weight excluding hydrogens is 310 g/mol. The molecule has 2 aliphatic heterocycles. The fraction of sp³-hybridized carbons (Fsp3) is 0.556. The summed E-state index contributed by atoms with van der Waals surface area (Å²) < 4.78 is 16.7. The molecule has 0 saturated carbocycles. The van der Waals surface area contributed by atoms with Crippen molar-refractivity contribution in [2.45, 2.75) is 38.9 Å². The Hall–Kier alpha value is -2.24. The number of rotatable bonds is 3. The maximum Gasteiger partial charge on any atom is 0.309 e. The van der Waals surface area contributed by atoms with Gasteiger partial charge in [-0.2, -0.15) is 0 Å². The highest BCUT2D eigenvalue weighted by molar-refractivity contribution is 5.83. The molecule has 2 unspecified atom stereocenters. The molecular formula is C18H23NO5. The van der Waals surface area contributed by atoms with E-state index in [0.29, 0.717) is 44.0 Å². The highest BCUT2D eigenvalue weighted by Gasteiger charge is 2.38. The summed E-state index contributed by atoms with van der Waals surface area (Å²) in [6.45, 7) is 5.11. The van der Waals surface area contributed by atoms with E-state index in [-0.39, 0.29) is 23.9 Å². The van der Waals surface area contributed by atoms with Gasteiger partial charge in [0.25, 0.3) is 5.91 Å². The molecule has 2 heterocycles. The molecule has 6 heteroatoms. The Kier molecular flexibility index (Phi) is 4.92. The molecule has 0 aromatic heterocycles. The molecule has 1 fully saturated rings. The van der Waals surface area contributed by atoms with Gasteiger partial charge in [-0.05, 0) is 38.8 Å². The zero-order valence-corrected chi connectivity index (χ0v) is 14.1. The maximum absolute atomic E-state index is 12.8. The first-order chi connectivity index (χ1) is 11.6. The molecule has 3 rings (SSSR count). The number of hydrogen-bond donors (Lipinski definition) is 0. The zero-order chi connectivity index (χ0) is 17.1. The van der Waals surface area contributed by atoms with E-state index in [0.717, 1.165) is 0 Å². The van der Waals surface area contributed by atoms with Gasteiger partial charge in [-0.25, -0.2) is 0 Å². The molecule has 0 bridgehead atoms. The van der Waals surface area contributed by atoms with Gasteiger partial charge in [0.15, 0.2) is 11.5 Å². The fourth-order valence-corrected chi connectivity index (χ4v) is 3.17. The van der Waals surface area contributed by atoms with Crippen LogP contribution < -0.4 is 9.47 Å². The molecule has 1 aromatic rings. The van der Waals surface area contributed by atoms with Crippen LogP contribution in [0.25, 0.3) is 0 Å². The Morgan fingerprint density at radius 2 is 1.79 bits per heavy atom. The Labute approximate surface area is 141 Å². The van der Waals surface area contributed by atoms with E-state index in [1.807, 2.05) is 25.1 Å². The van der Waals surface area contributed by atoms with Gasteiger partial charge in [0.2, 0.25) is 6.10 Å². The quantitative estimate of drug-likeness (QED) is 0.792. The van der Waals surface area contributed by atoms with Crippen molar-refractivity contribution in [2.75, 3.05) is 19.7 Å². The number of nitrogens with zero attached hydrogens (tertiary/aromatic N) is 1. The summed E-state index contributed by atoms with van der Waals surface area (Å²) in [5.41, 5.74) is 0. The second-order valence-corrected chi connectivity index (χ2v) is 6.16. The van der Waals surface area contributed by atoms with Gasteiger partial charge in [-0.15, -0.1) is 0 Å². The number of fused-ring (bicyclic) bond motifs is 1. The van der Waals surface area contributed by atoms with E-state index in [9.17, 15) is 9.59 Å². The van der Waals surface area contributed by atoms with Crippen LogP contribution in [0.3, 0.4) is 0 Å². The van der Waals surface area contributed by atoms with Crippen LogP contribution in [0.2, 0.25) is 0 Å². The van der Waals surface area contributed by atoms with Crippen LogP contribution in [0.4, 0.5) is 0 Å². The summed E-state index contributed by atoms with van der Waals surface area (Å²) in [5.74, 6) is 0.893. The standard InChI is InChI=1S/C18H23NO5/c1-3-22-18(21)13-8-10-19(11-9-13)17(20)16-12(2)23-14-6-4-5-7-15(14)24-16/h4-7,12-13,16H,3,8-11H2,1-2H3. The first-order valence-electron chi connectivity index (χ1n) is 8.48. The molecule has 0 spiro atoms. The SMILES string of the molecule is CCOC(=O)C1CCN(C(=O)C2Oc3ccccc3OC2C)CC1. The lowest BCUT2D eigenvalue weighted by molar-refractivity contribution is -0.154. The molecule has 0 radical (unpaired) electrons. The molecule has 1 aromatic carbocycles. The molecule has 1 amide bonds. The normalized spacial score (nSPS) is 23.7. The predicted octanol–water partition coefficient (Wildman–Crippen LogP) is 2.02. The number of ether oxygens (including phenoxy) is 3. The first-order valence-corrected chi connectivity index (χ1v) is 8.48. The van der Waals surface area contributed by atoms with E-state index in [4.69, 9.17) is 14.2 Å². The van der Waals surface area contributed by atoms with Crippen molar-refractivity contribution in [1.82, 2.24) is 4.90 Å². The second-order valence-electron chi connectivity index (χ2n) is 6.16. The third-order valence-electron chi connectivity index (χ3n) is 4.51. The monoisotopic (exact) mass is 333 g/mol. The summed E-state index contributed by atoms with van der Waals surface area (Å²) in [6.07, 6.45) is 0.251. The predicted molar refractivity (Wildman–Crippen MR) is 86.9 cm³/mol. The average molecular weight is 333 g/mol. The molecule has 6 nitrogen and oxygen atoms in total. The van der Waals surface area contributed by atoms with Crippen molar-refractivity contribution in [3.05, 3.63) is 24.3 Å². The smallest absolute Gasteiger partial charge is 0.309 e. The van der Waals surface area contributed by atoms with Crippen molar-refractivity contribution in [3.8, 4) is 11.5 Å². The van der Waals surface area contributed by atoms with Crippen molar-refractivity contribution in [1.29, 1.82) is 0 Å². The van der Waals surface area contributed by atoms with E-state index in [1.54, 1.807) is 17.9 Å². The van der Waals surface area contributed by atoms with Crippen molar-refractivity contribution in [3.63, 3.8) is 0 Å². The van der Waals surface area contributed by atoms with Gasteiger partial charge in [-0.3, -0.25) is 9.59 Å². The highest BCUT2D eigenvalue weighted by Crippen LogP contribution is 2.34. The summed E-state index contributed by atoms with van der Waals surface area (Å²) in [7, 11) is 0. The highest BCUT2D eigenvalue weighted by atomic mass is 16.6. The number of carbonyl (C=O) groups is 2. The van der Waals surface area contributed by atoms with Crippen LogP contribution in [-0.2, 0) is 14.3 Å². The number of esters is 1. The number of piperidine rings is 1. The lowest BCUT2D eigenvalue weighted by Crippen LogP contribution is -2.52. The van der Waals surface area contributed by atoms with Gasteiger partial charge in [0.05, 0.1) is 12.5 Å². The summed E-state index contributed by atoms with van der Waals surface area (Å²) in [4.78, 5) is 26.3. The van der Waals surface area contributed by atoms with Crippen molar-refractivity contribution in [2.24, 2.45) is 5.92 Å². The van der Waals surface area contributed by atoms with Crippen LogP contribution in [0, 0.1) is 5.92 Å². The van der Waals surface area contributed by atoms with E-state index < -0.39 is 6.10 Å². The number of benzene rings is 1. The lowest BCUT2D eigenvalue weighted by Gasteiger charge is -2.37.